The molecule has 2 rings (SSSR count). The van der Waals surface area contributed by atoms with Crippen LogP contribution in [0.3, 0.4) is 0 Å². The molecule has 0 heterocycles. The normalized spacial score (nSPS) is 21.7. The van der Waals surface area contributed by atoms with Gasteiger partial charge in [-0.05, 0) is 67.7 Å². The quantitative estimate of drug-likeness (QED) is 0.651. The van der Waals surface area contributed by atoms with Gasteiger partial charge in [0.05, 0.1) is 11.7 Å². The number of aliphatic hydroxyl groups excluding tert-OH is 1. The van der Waals surface area contributed by atoms with Gasteiger partial charge in [-0.2, -0.15) is 13.2 Å². The lowest BCUT2D eigenvalue weighted by molar-refractivity contribution is -0.137. The lowest BCUT2D eigenvalue weighted by Gasteiger charge is -2.32. The maximum absolute atomic E-state index is 12.9. The molecule has 0 radical (unpaired) electrons. The van der Waals surface area contributed by atoms with Crippen molar-refractivity contribution in [2.24, 2.45) is 11.3 Å². The topological polar surface area (TPSA) is 61.4 Å². The van der Waals surface area contributed by atoms with E-state index in [0.29, 0.717) is 30.6 Å². The number of carbonyl (C=O) groups excluding carboxylic acids is 1. The number of halogens is 3. The van der Waals surface area contributed by atoms with E-state index >= 15 is 0 Å². The minimum absolute atomic E-state index is 0.0452. The van der Waals surface area contributed by atoms with Gasteiger partial charge in [-0.25, -0.2) is 0 Å². The Morgan fingerprint density at radius 2 is 1.76 bits per heavy atom. The van der Waals surface area contributed by atoms with Crippen molar-refractivity contribution in [2.45, 2.75) is 71.7 Å². The van der Waals surface area contributed by atoms with E-state index in [4.69, 9.17) is 0 Å². The largest absolute Gasteiger partial charge is 0.416 e. The zero-order valence-electron chi connectivity index (χ0n) is 17.7. The van der Waals surface area contributed by atoms with Gasteiger partial charge in [0.15, 0.2) is 0 Å². The van der Waals surface area contributed by atoms with Crippen LogP contribution in [0.25, 0.3) is 0 Å². The average Bonchev–Trinajstić information content (AvgIpc) is 2.63. The van der Waals surface area contributed by atoms with Crippen LogP contribution < -0.4 is 10.6 Å². The summed E-state index contributed by atoms with van der Waals surface area (Å²) < 4.78 is 38.8. The summed E-state index contributed by atoms with van der Waals surface area (Å²) in [5.41, 5.74) is -0.500. The summed E-state index contributed by atoms with van der Waals surface area (Å²) in [6, 6.07) is 3.78. The molecule has 4 nitrogen and oxygen atoms in total. The molecule has 1 fully saturated rings. The lowest BCUT2D eigenvalue weighted by atomic mass is 9.85. The number of carbonyl (C=O) groups is 1. The highest BCUT2D eigenvalue weighted by Gasteiger charge is 2.31. The number of aliphatic hydroxyl groups is 1. The second-order valence-electron chi connectivity index (χ2n) is 9.30. The van der Waals surface area contributed by atoms with Crippen molar-refractivity contribution < 1.29 is 23.1 Å². The summed E-state index contributed by atoms with van der Waals surface area (Å²) in [5, 5.41) is 16.3. The maximum Gasteiger partial charge on any atom is 0.416 e. The Kier molecular flexibility index (Phi) is 7.74. The number of alkyl halides is 3. The Morgan fingerprint density at radius 1 is 1.14 bits per heavy atom. The van der Waals surface area contributed by atoms with Crippen LogP contribution in [0.1, 0.15) is 67.9 Å². The highest BCUT2D eigenvalue weighted by Crippen LogP contribution is 2.31. The second kappa shape index (κ2) is 9.47. The summed E-state index contributed by atoms with van der Waals surface area (Å²) in [5.74, 6) is -0.149. The monoisotopic (exact) mass is 414 g/mol. The standard InChI is InChI=1S/C22H33F3N2O2/c1-14-9-16(11-17(10-14)22(23,24)25)20(29)27-12-15-5-7-18(8-6-15)26-13-19(28)21(2,3)4/h9-11,15,18-19,26,28H,5-8,12-13H2,1-4H3,(H,27,29). The highest BCUT2D eigenvalue weighted by atomic mass is 19.4. The van der Waals surface area contributed by atoms with Crippen LogP contribution in [0.5, 0.6) is 0 Å². The second-order valence-corrected chi connectivity index (χ2v) is 9.30. The van der Waals surface area contributed by atoms with Crippen LogP contribution in [-0.4, -0.2) is 36.2 Å². The molecule has 29 heavy (non-hydrogen) atoms. The van der Waals surface area contributed by atoms with Crippen molar-refractivity contribution in [3.05, 3.63) is 34.9 Å². The van der Waals surface area contributed by atoms with E-state index in [1.54, 1.807) is 6.92 Å². The third-order valence-corrected chi connectivity index (χ3v) is 5.66. The number of aryl methyl sites for hydroxylation is 1. The number of amides is 1. The molecule has 1 aromatic rings. The Bertz CT molecular complexity index is 690. The summed E-state index contributed by atoms with van der Waals surface area (Å²) >= 11 is 0. The first-order valence-corrected chi connectivity index (χ1v) is 10.2. The predicted molar refractivity (Wildman–Crippen MR) is 108 cm³/mol. The molecule has 1 atom stereocenters. The lowest BCUT2D eigenvalue weighted by Crippen LogP contribution is -2.43. The van der Waals surface area contributed by atoms with Crippen molar-refractivity contribution in [2.75, 3.05) is 13.1 Å². The van der Waals surface area contributed by atoms with Crippen LogP contribution >= 0.6 is 0 Å². The van der Waals surface area contributed by atoms with Gasteiger partial charge < -0.3 is 15.7 Å². The van der Waals surface area contributed by atoms with E-state index in [1.807, 2.05) is 20.8 Å². The van der Waals surface area contributed by atoms with Crippen molar-refractivity contribution >= 4 is 5.91 Å². The van der Waals surface area contributed by atoms with E-state index in [1.165, 1.54) is 6.07 Å². The van der Waals surface area contributed by atoms with Gasteiger partial charge in [-0.1, -0.05) is 20.8 Å². The number of benzene rings is 1. The summed E-state index contributed by atoms with van der Waals surface area (Å²) in [4.78, 5) is 12.3. The molecule has 0 bridgehead atoms. The highest BCUT2D eigenvalue weighted by molar-refractivity contribution is 5.94. The number of hydrogen-bond donors (Lipinski definition) is 3. The van der Waals surface area contributed by atoms with Gasteiger partial charge in [0.2, 0.25) is 0 Å². The Morgan fingerprint density at radius 3 is 2.31 bits per heavy atom. The molecule has 1 amide bonds. The van der Waals surface area contributed by atoms with E-state index in [-0.39, 0.29) is 11.0 Å². The first-order chi connectivity index (χ1) is 13.4. The predicted octanol–water partition coefficient (Wildman–Crippen LogP) is 4.30. The maximum atomic E-state index is 12.9. The molecule has 1 aliphatic carbocycles. The molecule has 1 unspecified atom stereocenters. The van der Waals surface area contributed by atoms with E-state index in [0.717, 1.165) is 37.8 Å². The van der Waals surface area contributed by atoms with Gasteiger partial charge in [0, 0.05) is 24.7 Å². The summed E-state index contributed by atoms with van der Waals surface area (Å²) in [7, 11) is 0. The van der Waals surface area contributed by atoms with Crippen molar-refractivity contribution in [1.29, 1.82) is 0 Å². The molecule has 1 saturated carbocycles. The first kappa shape index (κ1) is 23.7. The van der Waals surface area contributed by atoms with E-state index < -0.39 is 23.8 Å². The fourth-order valence-electron chi connectivity index (χ4n) is 3.57. The zero-order valence-corrected chi connectivity index (χ0v) is 17.7. The number of hydrogen-bond acceptors (Lipinski definition) is 3. The van der Waals surface area contributed by atoms with Gasteiger partial charge in [-0.3, -0.25) is 4.79 Å². The molecule has 1 aromatic carbocycles. The SMILES string of the molecule is Cc1cc(C(=O)NCC2CCC(NCC(O)C(C)(C)C)CC2)cc(C(F)(F)F)c1. The molecule has 0 spiro atoms. The minimum Gasteiger partial charge on any atom is -0.391 e. The average molecular weight is 415 g/mol. The Hall–Kier alpha value is -1.60. The molecular weight excluding hydrogens is 381 g/mol. The molecule has 1 aliphatic rings. The Labute approximate surface area is 171 Å². The van der Waals surface area contributed by atoms with Gasteiger partial charge in [0.25, 0.3) is 5.91 Å². The van der Waals surface area contributed by atoms with Crippen LogP contribution in [-0.2, 0) is 6.18 Å². The fourth-order valence-corrected chi connectivity index (χ4v) is 3.57. The summed E-state index contributed by atoms with van der Waals surface area (Å²) in [6.07, 6.45) is -1.08. The molecule has 0 aliphatic heterocycles. The molecule has 0 aromatic heterocycles. The first-order valence-electron chi connectivity index (χ1n) is 10.2. The van der Waals surface area contributed by atoms with Gasteiger partial charge in [0.1, 0.15) is 0 Å². The third-order valence-electron chi connectivity index (χ3n) is 5.66. The molecule has 0 saturated heterocycles. The van der Waals surface area contributed by atoms with Crippen molar-refractivity contribution in [3.8, 4) is 0 Å². The fraction of sp³-hybridized carbons (Fsp3) is 0.682. The van der Waals surface area contributed by atoms with Crippen molar-refractivity contribution in [3.63, 3.8) is 0 Å². The van der Waals surface area contributed by atoms with Crippen LogP contribution in [0, 0.1) is 18.3 Å². The van der Waals surface area contributed by atoms with E-state index in [9.17, 15) is 23.1 Å². The smallest absolute Gasteiger partial charge is 0.391 e. The van der Waals surface area contributed by atoms with Gasteiger partial charge >= 0.3 is 6.18 Å². The minimum atomic E-state index is -4.47. The number of nitrogens with one attached hydrogen (secondary N) is 2. The third kappa shape index (κ3) is 7.30. The molecule has 164 valence electrons. The zero-order chi connectivity index (χ0) is 21.8. The molecule has 7 heteroatoms. The van der Waals surface area contributed by atoms with Crippen LogP contribution in [0.15, 0.2) is 18.2 Å². The summed E-state index contributed by atoms with van der Waals surface area (Å²) in [6.45, 7) is 8.59. The van der Waals surface area contributed by atoms with Gasteiger partial charge in [-0.15, -0.1) is 0 Å². The Balaban J connectivity index is 1.79. The molecule has 3 N–H and O–H groups in total. The van der Waals surface area contributed by atoms with Crippen LogP contribution in [0.2, 0.25) is 0 Å². The molecular formula is C22H33F3N2O2. The van der Waals surface area contributed by atoms with Crippen LogP contribution in [0.4, 0.5) is 13.2 Å². The van der Waals surface area contributed by atoms with E-state index in [2.05, 4.69) is 10.6 Å². The number of rotatable bonds is 6. The van der Waals surface area contributed by atoms with Crippen molar-refractivity contribution in [1.82, 2.24) is 10.6 Å².